The van der Waals surface area contributed by atoms with Crippen molar-refractivity contribution >= 4 is 44.5 Å². The Bertz CT molecular complexity index is 1160. The van der Waals surface area contributed by atoms with Crippen LogP contribution in [-0.4, -0.2) is 27.6 Å². The summed E-state index contributed by atoms with van der Waals surface area (Å²) in [6.07, 6.45) is -0.966. The fourth-order valence-corrected chi connectivity index (χ4v) is 3.42. The molecule has 0 fully saturated rings. The number of carbonyl (C=O) groups is 1. The minimum atomic E-state index is -0.966. The van der Waals surface area contributed by atoms with Crippen molar-refractivity contribution in [2.24, 2.45) is 0 Å². The van der Waals surface area contributed by atoms with Gasteiger partial charge < -0.3 is 9.47 Å². The minimum Gasteiger partial charge on any atom is -0.472 e. The van der Waals surface area contributed by atoms with E-state index in [-0.39, 0.29) is 6.61 Å². The van der Waals surface area contributed by atoms with Gasteiger partial charge in [-0.2, -0.15) is 0 Å². The molecular formula is C22H17BrClN3O3. The molecule has 152 valence electrons. The first-order valence-corrected chi connectivity index (χ1v) is 10.4. The Balaban J connectivity index is 1.76. The molecular weight excluding hydrogens is 470 g/mol. The number of hydrogen-bond acceptors (Lipinski definition) is 5. The van der Waals surface area contributed by atoms with Crippen LogP contribution in [0.1, 0.15) is 18.6 Å². The molecule has 0 saturated carbocycles. The average molecular weight is 487 g/mol. The van der Waals surface area contributed by atoms with E-state index in [0.29, 0.717) is 22.0 Å². The van der Waals surface area contributed by atoms with Gasteiger partial charge in [-0.1, -0.05) is 51.8 Å². The number of rotatable bonds is 6. The zero-order chi connectivity index (χ0) is 21.1. The number of halogens is 2. The lowest BCUT2D eigenvalue weighted by Gasteiger charge is -2.20. The summed E-state index contributed by atoms with van der Waals surface area (Å²) in [6.45, 7) is 1.99. The lowest BCUT2D eigenvalue weighted by Crippen LogP contribution is -2.22. The van der Waals surface area contributed by atoms with E-state index in [1.165, 1.54) is 4.80 Å². The zero-order valence-electron chi connectivity index (χ0n) is 16.0. The van der Waals surface area contributed by atoms with Crippen LogP contribution in [0.5, 0.6) is 5.75 Å². The van der Waals surface area contributed by atoms with Crippen molar-refractivity contribution in [3.05, 3.63) is 81.8 Å². The summed E-state index contributed by atoms with van der Waals surface area (Å²) in [4.78, 5) is 14.2. The third-order valence-electron chi connectivity index (χ3n) is 4.34. The Morgan fingerprint density at radius 1 is 1.07 bits per heavy atom. The van der Waals surface area contributed by atoms with E-state index >= 15 is 0 Å². The molecule has 1 atom stereocenters. The second-order valence-corrected chi connectivity index (χ2v) is 7.74. The third-order valence-corrected chi connectivity index (χ3v) is 5.09. The van der Waals surface area contributed by atoms with Gasteiger partial charge >= 0.3 is 5.97 Å². The summed E-state index contributed by atoms with van der Waals surface area (Å²) in [5.74, 6) is -0.0567. The van der Waals surface area contributed by atoms with Crippen molar-refractivity contribution < 1.29 is 14.3 Å². The first kappa shape index (κ1) is 20.4. The summed E-state index contributed by atoms with van der Waals surface area (Å²) in [5, 5.41) is 9.62. The van der Waals surface area contributed by atoms with Gasteiger partial charge in [0, 0.05) is 15.1 Å². The molecule has 0 amide bonds. The van der Waals surface area contributed by atoms with Crippen LogP contribution in [0.3, 0.4) is 0 Å². The summed E-state index contributed by atoms with van der Waals surface area (Å²) in [5.41, 5.74) is 2.72. The van der Waals surface area contributed by atoms with Crippen molar-refractivity contribution in [2.75, 3.05) is 6.61 Å². The highest BCUT2D eigenvalue weighted by Crippen LogP contribution is 2.32. The van der Waals surface area contributed by atoms with E-state index in [1.54, 1.807) is 37.3 Å². The van der Waals surface area contributed by atoms with Gasteiger partial charge in [-0.05, 0) is 49.4 Å². The van der Waals surface area contributed by atoms with Gasteiger partial charge in [0.05, 0.1) is 6.61 Å². The van der Waals surface area contributed by atoms with Gasteiger partial charge in [0.15, 0.2) is 0 Å². The maximum absolute atomic E-state index is 12.7. The van der Waals surface area contributed by atoms with Crippen LogP contribution in [-0.2, 0) is 9.53 Å². The van der Waals surface area contributed by atoms with Crippen LogP contribution < -0.4 is 4.74 Å². The van der Waals surface area contributed by atoms with Crippen LogP contribution in [0.2, 0.25) is 5.02 Å². The average Bonchev–Trinajstić information content (AvgIpc) is 3.18. The molecule has 0 N–H and O–H groups in total. The number of ether oxygens (including phenoxy) is 2. The molecule has 4 rings (SSSR count). The summed E-state index contributed by atoms with van der Waals surface area (Å²) < 4.78 is 12.2. The minimum absolute atomic E-state index is 0.242. The van der Waals surface area contributed by atoms with Gasteiger partial charge in [0.25, 0.3) is 0 Å². The van der Waals surface area contributed by atoms with Gasteiger partial charge in [0.1, 0.15) is 22.5 Å². The predicted octanol–water partition coefficient (Wildman–Crippen LogP) is 5.52. The fraction of sp³-hybridized carbons (Fsp3) is 0.136. The molecule has 0 bridgehead atoms. The highest BCUT2D eigenvalue weighted by Gasteiger charge is 2.26. The van der Waals surface area contributed by atoms with Crippen molar-refractivity contribution in [1.29, 1.82) is 0 Å². The van der Waals surface area contributed by atoms with Crippen LogP contribution >= 0.6 is 27.5 Å². The molecule has 0 aliphatic rings. The van der Waals surface area contributed by atoms with Crippen LogP contribution in [0.4, 0.5) is 0 Å². The van der Waals surface area contributed by atoms with Gasteiger partial charge in [-0.25, -0.2) is 4.79 Å². The van der Waals surface area contributed by atoms with Crippen molar-refractivity contribution in [3.8, 4) is 11.4 Å². The van der Waals surface area contributed by atoms with E-state index in [9.17, 15) is 4.79 Å². The number of esters is 1. The summed E-state index contributed by atoms with van der Waals surface area (Å²) >= 11 is 9.48. The number of aromatic nitrogens is 3. The smallest absolute Gasteiger partial charge is 0.352 e. The Labute approximate surface area is 186 Å². The van der Waals surface area contributed by atoms with E-state index in [1.807, 2.05) is 36.4 Å². The fourth-order valence-electron chi connectivity index (χ4n) is 2.95. The normalized spacial score (nSPS) is 12.0. The SMILES string of the molecule is CCOC(=O)C(Oc1ccc(Br)cc1-n1nc2ccccc2n1)c1ccc(Cl)cc1. The van der Waals surface area contributed by atoms with Gasteiger partial charge in [-0.15, -0.1) is 15.0 Å². The molecule has 3 aromatic carbocycles. The molecule has 1 unspecified atom stereocenters. The quantitative estimate of drug-likeness (QED) is 0.336. The molecule has 0 spiro atoms. The molecule has 1 aromatic heterocycles. The number of hydrogen-bond donors (Lipinski definition) is 0. The number of nitrogens with zero attached hydrogens (tertiary/aromatic N) is 3. The van der Waals surface area contributed by atoms with E-state index < -0.39 is 12.1 Å². The Kier molecular flexibility index (Phi) is 6.01. The number of fused-ring (bicyclic) bond motifs is 1. The summed E-state index contributed by atoms with van der Waals surface area (Å²) in [7, 11) is 0. The third kappa shape index (κ3) is 4.32. The predicted molar refractivity (Wildman–Crippen MR) is 118 cm³/mol. The maximum Gasteiger partial charge on any atom is 0.352 e. The molecule has 1 heterocycles. The molecule has 8 heteroatoms. The molecule has 30 heavy (non-hydrogen) atoms. The van der Waals surface area contributed by atoms with Crippen LogP contribution in [0.25, 0.3) is 16.7 Å². The largest absolute Gasteiger partial charge is 0.472 e. The van der Waals surface area contributed by atoms with Crippen LogP contribution in [0.15, 0.2) is 71.2 Å². The zero-order valence-corrected chi connectivity index (χ0v) is 18.3. The monoisotopic (exact) mass is 485 g/mol. The van der Waals surface area contributed by atoms with E-state index in [4.69, 9.17) is 21.1 Å². The first-order chi connectivity index (χ1) is 14.5. The van der Waals surface area contributed by atoms with Gasteiger partial charge in [-0.3, -0.25) is 0 Å². The second kappa shape index (κ2) is 8.85. The first-order valence-electron chi connectivity index (χ1n) is 9.26. The standard InChI is InChI=1S/C22H17BrClN3O3/c1-2-29-22(28)21(14-7-10-16(24)11-8-14)30-20-12-9-15(23)13-19(20)27-25-17-5-3-4-6-18(17)26-27/h3-13,21H,2H2,1H3. The van der Waals surface area contributed by atoms with Crippen LogP contribution in [0, 0.1) is 0 Å². The molecule has 4 aromatic rings. The lowest BCUT2D eigenvalue weighted by molar-refractivity contribution is -0.151. The topological polar surface area (TPSA) is 66.2 Å². The number of benzene rings is 3. The molecule has 0 aliphatic carbocycles. The van der Waals surface area contributed by atoms with E-state index in [0.717, 1.165) is 15.5 Å². The van der Waals surface area contributed by atoms with Crippen molar-refractivity contribution in [1.82, 2.24) is 15.0 Å². The summed E-state index contributed by atoms with van der Waals surface area (Å²) in [6, 6.07) is 19.9. The van der Waals surface area contributed by atoms with Gasteiger partial charge in [0.2, 0.25) is 6.10 Å². The number of carbonyl (C=O) groups excluding carboxylic acids is 1. The molecule has 0 saturated heterocycles. The van der Waals surface area contributed by atoms with E-state index in [2.05, 4.69) is 26.1 Å². The highest BCUT2D eigenvalue weighted by molar-refractivity contribution is 9.10. The Morgan fingerprint density at radius 3 is 2.37 bits per heavy atom. The van der Waals surface area contributed by atoms with Crippen molar-refractivity contribution in [2.45, 2.75) is 13.0 Å². The Hall–Kier alpha value is -2.90. The highest BCUT2D eigenvalue weighted by atomic mass is 79.9. The molecule has 6 nitrogen and oxygen atoms in total. The Morgan fingerprint density at radius 2 is 1.73 bits per heavy atom. The maximum atomic E-state index is 12.7. The second-order valence-electron chi connectivity index (χ2n) is 6.39. The van der Waals surface area contributed by atoms with Crippen molar-refractivity contribution in [3.63, 3.8) is 0 Å². The lowest BCUT2D eigenvalue weighted by atomic mass is 10.1. The molecule has 0 aliphatic heterocycles. The molecule has 0 radical (unpaired) electrons.